The summed E-state index contributed by atoms with van der Waals surface area (Å²) < 4.78 is 50.4. The van der Waals surface area contributed by atoms with E-state index in [0.717, 1.165) is 20.3 Å². The highest BCUT2D eigenvalue weighted by Gasteiger charge is 2.51. The average Bonchev–Trinajstić information content (AvgIpc) is 2.81. The fraction of sp³-hybridized carbons (Fsp3) is 0.375. The molecule has 1 amide bonds. The van der Waals surface area contributed by atoms with Gasteiger partial charge >= 0.3 is 24.0 Å². The first-order chi connectivity index (χ1) is 15.9. The third-order valence-electron chi connectivity index (χ3n) is 5.56. The van der Waals surface area contributed by atoms with E-state index in [9.17, 15) is 32.7 Å². The maximum absolute atomic E-state index is 13.7. The molecule has 1 N–H and O–H groups in total. The number of halogens is 3. The second kappa shape index (κ2) is 10.7. The minimum absolute atomic E-state index is 0.296. The van der Waals surface area contributed by atoms with Gasteiger partial charge in [0, 0.05) is 12.8 Å². The summed E-state index contributed by atoms with van der Waals surface area (Å²) in [6.07, 6.45) is -5.55. The van der Waals surface area contributed by atoms with Crippen LogP contribution in [0.5, 0.6) is 0 Å². The lowest BCUT2D eigenvalue weighted by molar-refractivity contribution is -0.195. The standard InChI is InChI=1S/C24H26F3NO6/c1-5-13-23(32,22(31)34-4)14-19(20(29)33-3)28(21(30)24(25,26)27)15(2)17-12-8-10-16-9-6-7-11-18(16)17/h5-12,15,19,32H,1,13-14H2,2-4H3/t15-,19+,23+/m1/s1. The Morgan fingerprint density at radius 2 is 1.71 bits per heavy atom. The van der Waals surface area contributed by atoms with Crippen LogP contribution in [0.25, 0.3) is 10.8 Å². The van der Waals surface area contributed by atoms with Crippen LogP contribution in [0.1, 0.15) is 31.4 Å². The molecule has 0 aliphatic rings. The van der Waals surface area contributed by atoms with E-state index in [-0.39, 0.29) is 0 Å². The molecule has 0 aliphatic carbocycles. The van der Waals surface area contributed by atoms with Crippen molar-refractivity contribution in [3.63, 3.8) is 0 Å². The van der Waals surface area contributed by atoms with Gasteiger partial charge in [-0.3, -0.25) is 4.79 Å². The number of carbonyl (C=O) groups excluding carboxylic acids is 3. The van der Waals surface area contributed by atoms with Gasteiger partial charge in [-0.15, -0.1) is 6.58 Å². The zero-order valence-electron chi connectivity index (χ0n) is 19.0. The Labute approximate surface area is 194 Å². The molecule has 7 nitrogen and oxygen atoms in total. The van der Waals surface area contributed by atoms with Gasteiger partial charge in [-0.25, -0.2) is 9.59 Å². The van der Waals surface area contributed by atoms with Crippen LogP contribution in [0.15, 0.2) is 55.1 Å². The highest BCUT2D eigenvalue weighted by molar-refractivity contribution is 5.91. The number of methoxy groups -OCH3 is 2. The SMILES string of the molecule is C=CC[C@](O)(C[C@@H](C(=O)OC)N(C(=O)C(F)(F)F)[C@H](C)c1cccc2ccccc12)C(=O)OC. The number of nitrogens with zero attached hydrogens (tertiary/aromatic N) is 1. The van der Waals surface area contributed by atoms with Gasteiger partial charge < -0.3 is 19.5 Å². The molecule has 2 aromatic rings. The molecular formula is C24H26F3NO6. The van der Waals surface area contributed by atoms with Crippen LogP contribution >= 0.6 is 0 Å². The minimum Gasteiger partial charge on any atom is -0.467 e. The second-order valence-corrected chi connectivity index (χ2v) is 7.71. The van der Waals surface area contributed by atoms with Crippen molar-refractivity contribution in [3.8, 4) is 0 Å². The summed E-state index contributed by atoms with van der Waals surface area (Å²) in [4.78, 5) is 37.9. The lowest BCUT2D eigenvalue weighted by Crippen LogP contribution is -2.56. The topological polar surface area (TPSA) is 93.1 Å². The van der Waals surface area contributed by atoms with Gasteiger partial charge in [0.2, 0.25) is 0 Å². The van der Waals surface area contributed by atoms with Crippen LogP contribution in [-0.2, 0) is 23.9 Å². The monoisotopic (exact) mass is 481 g/mol. The molecule has 0 radical (unpaired) electrons. The van der Waals surface area contributed by atoms with E-state index < -0.39 is 54.5 Å². The van der Waals surface area contributed by atoms with Crippen LogP contribution < -0.4 is 0 Å². The highest BCUT2D eigenvalue weighted by Crippen LogP contribution is 2.35. The van der Waals surface area contributed by atoms with Crippen molar-refractivity contribution in [2.75, 3.05) is 14.2 Å². The number of fused-ring (bicyclic) bond motifs is 1. The molecule has 3 atom stereocenters. The summed E-state index contributed by atoms with van der Waals surface area (Å²) in [5.74, 6) is -4.76. The Bertz CT molecular complexity index is 1060. The first kappa shape index (κ1) is 26.8. The van der Waals surface area contributed by atoms with Crippen LogP contribution in [-0.4, -0.2) is 59.9 Å². The Hall–Kier alpha value is -3.40. The summed E-state index contributed by atoms with van der Waals surface area (Å²) in [5, 5.41) is 12.2. The van der Waals surface area contributed by atoms with Gasteiger partial charge in [-0.2, -0.15) is 13.2 Å². The molecule has 2 rings (SSSR count). The number of rotatable bonds is 9. The number of esters is 2. The average molecular weight is 481 g/mol. The van der Waals surface area contributed by atoms with Crippen molar-refractivity contribution in [2.24, 2.45) is 0 Å². The van der Waals surface area contributed by atoms with Gasteiger partial charge in [0.15, 0.2) is 5.60 Å². The van der Waals surface area contributed by atoms with E-state index in [1.165, 1.54) is 13.0 Å². The smallest absolute Gasteiger partial charge is 0.467 e. The summed E-state index contributed by atoms with van der Waals surface area (Å²) in [5.41, 5.74) is -2.10. The fourth-order valence-corrected chi connectivity index (χ4v) is 3.93. The van der Waals surface area contributed by atoms with Crippen LogP contribution in [0.2, 0.25) is 0 Å². The van der Waals surface area contributed by atoms with Crippen molar-refractivity contribution in [1.29, 1.82) is 0 Å². The molecule has 0 saturated carbocycles. The quantitative estimate of drug-likeness (QED) is 0.434. The number of hydrogen-bond acceptors (Lipinski definition) is 6. The number of amides is 1. The van der Waals surface area contributed by atoms with Crippen LogP contribution in [0, 0.1) is 0 Å². The van der Waals surface area contributed by atoms with E-state index in [4.69, 9.17) is 0 Å². The molecule has 34 heavy (non-hydrogen) atoms. The Morgan fingerprint density at radius 3 is 2.26 bits per heavy atom. The predicted molar refractivity (Wildman–Crippen MR) is 117 cm³/mol. The van der Waals surface area contributed by atoms with Crippen LogP contribution in [0.4, 0.5) is 13.2 Å². The molecule has 0 heterocycles. The van der Waals surface area contributed by atoms with Crippen molar-refractivity contribution in [1.82, 2.24) is 4.90 Å². The summed E-state index contributed by atoms with van der Waals surface area (Å²) >= 11 is 0. The van der Waals surface area contributed by atoms with Gasteiger partial charge in [0.1, 0.15) is 6.04 Å². The van der Waals surface area contributed by atoms with E-state index >= 15 is 0 Å². The molecule has 0 aliphatic heterocycles. The largest absolute Gasteiger partial charge is 0.471 e. The van der Waals surface area contributed by atoms with E-state index in [0.29, 0.717) is 21.2 Å². The zero-order chi connectivity index (χ0) is 25.7. The van der Waals surface area contributed by atoms with Crippen molar-refractivity contribution in [2.45, 2.75) is 43.6 Å². The van der Waals surface area contributed by atoms with Gasteiger partial charge in [0.05, 0.1) is 20.3 Å². The number of ether oxygens (including phenoxy) is 2. The molecule has 0 saturated heterocycles. The number of alkyl halides is 3. The zero-order valence-corrected chi connectivity index (χ0v) is 19.0. The normalized spacial score (nSPS) is 15.0. The molecule has 10 heteroatoms. The van der Waals surface area contributed by atoms with Crippen LogP contribution in [0.3, 0.4) is 0 Å². The summed E-state index contributed by atoms with van der Waals surface area (Å²) in [6.45, 7) is 4.75. The Balaban J connectivity index is 2.71. The molecular weight excluding hydrogens is 455 g/mol. The first-order valence-corrected chi connectivity index (χ1v) is 10.3. The third-order valence-corrected chi connectivity index (χ3v) is 5.56. The van der Waals surface area contributed by atoms with E-state index in [1.54, 1.807) is 36.4 Å². The summed E-state index contributed by atoms with van der Waals surface area (Å²) in [7, 11) is 1.90. The maximum atomic E-state index is 13.7. The lowest BCUT2D eigenvalue weighted by atomic mass is 9.88. The summed E-state index contributed by atoms with van der Waals surface area (Å²) in [6, 6.07) is 8.48. The number of carbonyl (C=O) groups is 3. The Morgan fingerprint density at radius 1 is 1.09 bits per heavy atom. The highest BCUT2D eigenvalue weighted by atomic mass is 19.4. The van der Waals surface area contributed by atoms with E-state index in [1.807, 2.05) is 0 Å². The molecule has 2 aromatic carbocycles. The molecule has 0 bridgehead atoms. The third kappa shape index (κ3) is 5.56. The maximum Gasteiger partial charge on any atom is 0.471 e. The van der Waals surface area contributed by atoms with Gasteiger partial charge in [-0.05, 0) is 23.3 Å². The number of benzene rings is 2. The molecule has 184 valence electrons. The number of aliphatic hydroxyl groups is 1. The van der Waals surface area contributed by atoms with Crippen molar-refractivity contribution >= 4 is 28.6 Å². The first-order valence-electron chi connectivity index (χ1n) is 10.3. The van der Waals surface area contributed by atoms with Crippen molar-refractivity contribution in [3.05, 3.63) is 60.7 Å². The number of hydrogen-bond donors (Lipinski definition) is 1. The van der Waals surface area contributed by atoms with E-state index in [2.05, 4.69) is 16.1 Å². The molecule has 0 unspecified atom stereocenters. The predicted octanol–water partition coefficient (Wildman–Crippen LogP) is 3.70. The minimum atomic E-state index is -5.35. The Kier molecular flexibility index (Phi) is 8.44. The second-order valence-electron chi connectivity index (χ2n) is 7.71. The molecule has 0 spiro atoms. The lowest BCUT2D eigenvalue weighted by Gasteiger charge is -2.38. The molecule has 0 fully saturated rings. The van der Waals surface area contributed by atoms with Crippen molar-refractivity contribution < 1.29 is 42.1 Å². The van der Waals surface area contributed by atoms with Gasteiger partial charge in [0.25, 0.3) is 0 Å². The van der Waals surface area contributed by atoms with Gasteiger partial charge in [-0.1, -0.05) is 48.5 Å². The molecule has 0 aromatic heterocycles. The fourth-order valence-electron chi connectivity index (χ4n) is 3.93.